The molecule has 1 aliphatic rings. The summed E-state index contributed by atoms with van der Waals surface area (Å²) in [5.41, 5.74) is 4.18. The molecule has 0 aromatic rings. The van der Waals surface area contributed by atoms with Gasteiger partial charge in [0.25, 0.3) is 6.47 Å². The SMILES string of the molecule is CC(C)(C)OC=O.CN.COC(=O)CC(NC(=O)C1CCC(C)C1C(C)C(=O)OC)C(=O)OC. The summed E-state index contributed by atoms with van der Waals surface area (Å²) in [6, 6.07) is -1.12. The summed E-state index contributed by atoms with van der Waals surface area (Å²) in [4.78, 5) is 57.5. The molecule has 11 nitrogen and oxygen atoms in total. The summed E-state index contributed by atoms with van der Waals surface area (Å²) < 4.78 is 18.5. The van der Waals surface area contributed by atoms with Crippen LogP contribution in [0.3, 0.4) is 0 Å². The zero-order chi connectivity index (χ0) is 27.1. The van der Waals surface area contributed by atoms with Crippen LogP contribution in [0.4, 0.5) is 0 Å². The van der Waals surface area contributed by atoms with Crippen molar-refractivity contribution in [2.24, 2.45) is 29.4 Å². The van der Waals surface area contributed by atoms with Crippen LogP contribution in [0.1, 0.15) is 53.9 Å². The molecule has 1 saturated carbocycles. The predicted octanol–water partition coefficient (Wildman–Crippen LogP) is 1.21. The number of ether oxygens (including phenoxy) is 4. The molecule has 0 aliphatic heterocycles. The van der Waals surface area contributed by atoms with Crippen molar-refractivity contribution in [3.8, 4) is 0 Å². The molecule has 198 valence electrons. The Labute approximate surface area is 202 Å². The first-order valence-electron chi connectivity index (χ1n) is 11.0. The standard InChI is InChI=1S/C17H27NO7.C5H10O2.CH5N/c1-9-6-7-11(14(9)10(2)16(21)24-4)15(20)18-12(17(22)25-5)8-13(19)23-3;1-5(2,3)7-4-6;1-2/h9-12,14H,6-8H2,1-5H3,(H,18,20);4H,1-3H3;2H2,1H3. The average molecular weight is 491 g/mol. The maximum Gasteiger partial charge on any atom is 0.328 e. The highest BCUT2D eigenvalue weighted by Gasteiger charge is 2.44. The first-order chi connectivity index (χ1) is 15.8. The van der Waals surface area contributed by atoms with Crippen LogP contribution in [-0.2, 0) is 42.9 Å². The van der Waals surface area contributed by atoms with Gasteiger partial charge in [-0.15, -0.1) is 0 Å². The predicted molar refractivity (Wildman–Crippen MR) is 124 cm³/mol. The summed E-state index contributed by atoms with van der Waals surface area (Å²) in [7, 11) is 5.20. The fourth-order valence-corrected chi connectivity index (χ4v) is 3.72. The fraction of sp³-hybridized carbons (Fsp3) is 0.783. The molecule has 0 bridgehead atoms. The van der Waals surface area contributed by atoms with Gasteiger partial charge in [-0.25, -0.2) is 4.79 Å². The molecular formula is C23H42N2O9. The Hall–Kier alpha value is -2.69. The van der Waals surface area contributed by atoms with E-state index in [4.69, 9.17) is 4.74 Å². The van der Waals surface area contributed by atoms with Gasteiger partial charge in [0.05, 0.1) is 33.7 Å². The van der Waals surface area contributed by atoms with Gasteiger partial charge in [-0.1, -0.05) is 13.8 Å². The molecule has 0 saturated heterocycles. The van der Waals surface area contributed by atoms with Crippen molar-refractivity contribution in [1.29, 1.82) is 0 Å². The van der Waals surface area contributed by atoms with Crippen LogP contribution in [-0.4, -0.2) is 70.3 Å². The van der Waals surface area contributed by atoms with Crippen LogP contribution in [0.15, 0.2) is 0 Å². The Balaban J connectivity index is 0. The van der Waals surface area contributed by atoms with Gasteiger partial charge in [-0.3, -0.25) is 19.2 Å². The second-order valence-corrected chi connectivity index (χ2v) is 8.74. The van der Waals surface area contributed by atoms with Gasteiger partial charge in [-0.05, 0) is 52.5 Å². The summed E-state index contributed by atoms with van der Waals surface area (Å²) in [5, 5.41) is 2.57. The lowest BCUT2D eigenvalue weighted by molar-refractivity contribution is -0.152. The van der Waals surface area contributed by atoms with Crippen molar-refractivity contribution in [3.63, 3.8) is 0 Å². The third-order valence-corrected chi connectivity index (χ3v) is 5.34. The molecule has 3 N–H and O–H groups in total. The van der Waals surface area contributed by atoms with Gasteiger partial charge < -0.3 is 30.0 Å². The summed E-state index contributed by atoms with van der Waals surface area (Å²) in [5.74, 6) is -2.98. The number of rotatable bonds is 8. The van der Waals surface area contributed by atoms with Crippen molar-refractivity contribution < 1.29 is 42.9 Å². The van der Waals surface area contributed by atoms with Crippen molar-refractivity contribution >= 4 is 30.3 Å². The van der Waals surface area contributed by atoms with E-state index in [0.717, 1.165) is 6.42 Å². The number of hydrogen-bond donors (Lipinski definition) is 2. The zero-order valence-corrected chi connectivity index (χ0v) is 21.8. The number of carbonyl (C=O) groups excluding carboxylic acids is 5. The van der Waals surface area contributed by atoms with Crippen molar-refractivity contribution in [2.75, 3.05) is 28.4 Å². The molecule has 1 aliphatic carbocycles. The Kier molecular flexibility index (Phi) is 16.6. The highest BCUT2D eigenvalue weighted by Crippen LogP contribution is 2.42. The minimum Gasteiger partial charge on any atom is -0.469 e. The molecular weight excluding hydrogens is 448 g/mol. The van der Waals surface area contributed by atoms with E-state index in [9.17, 15) is 24.0 Å². The summed E-state index contributed by atoms with van der Waals surface area (Å²) in [6.07, 6.45) is 1.09. The largest absolute Gasteiger partial charge is 0.469 e. The van der Waals surface area contributed by atoms with E-state index in [1.165, 1.54) is 28.4 Å². The van der Waals surface area contributed by atoms with Crippen molar-refractivity contribution in [1.82, 2.24) is 5.32 Å². The molecule has 0 aromatic heterocycles. The molecule has 34 heavy (non-hydrogen) atoms. The smallest absolute Gasteiger partial charge is 0.328 e. The molecule has 5 atom stereocenters. The van der Waals surface area contributed by atoms with Crippen LogP contribution in [0.25, 0.3) is 0 Å². The molecule has 0 aromatic carbocycles. The highest BCUT2D eigenvalue weighted by molar-refractivity contribution is 5.89. The van der Waals surface area contributed by atoms with E-state index in [1.807, 2.05) is 27.7 Å². The highest BCUT2D eigenvalue weighted by atomic mass is 16.5. The second-order valence-electron chi connectivity index (χ2n) is 8.74. The Morgan fingerprint density at radius 3 is 1.91 bits per heavy atom. The van der Waals surface area contributed by atoms with Crippen molar-refractivity contribution in [2.45, 2.75) is 65.5 Å². The lowest BCUT2D eigenvalue weighted by Gasteiger charge is -2.27. The number of nitrogens with one attached hydrogen (secondary N) is 1. The van der Waals surface area contributed by atoms with Gasteiger partial charge in [0.1, 0.15) is 11.6 Å². The Morgan fingerprint density at radius 1 is 1.00 bits per heavy atom. The van der Waals surface area contributed by atoms with E-state index in [-0.39, 0.29) is 35.7 Å². The molecule has 1 rings (SSSR count). The summed E-state index contributed by atoms with van der Waals surface area (Å²) >= 11 is 0. The molecule has 0 radical (unpaired) electrons. The number of esters is 3. The number of nitrogens with two attached hydrogens (primary N) is 1. The molecule has 5 unspecified atom stereocenters. The first-order valence-corrected chi connectivity index (χ1v) is 11.0. The van der Waals surface area contributed by atoms with Gasteiger partial charge in [0.15, 0.2) is 0 Å². The Bertz CT molecular complexity index is 661. The minimum atomic E-state index is -1.12. The van der Waals surface area contributed by atoms with E-state index < -0.39 is 29.8 Å². The molecule has 0 heterocycles. The average Bonchev–Trinajstić information content (AvgIpc) is 3.19. The molecule has 1 amide bonds. The number of amides is 1. The van der Waals surface area contributed by atoms with Crippen LogP contribution in [0, 0.1) is 23.7 Å². The van der Waals surface area contributed by atoms with E-state index >= 15 is 0 Å². The third-order valence-electron chi connectivity index (χ3n) is 5.34. The fourth-order valence-electron chi connectivity index (χ4n) is 3.72. The molecule has 1 fully saturated rings. The van der Waals surface area contributed by atoms with Crippen LogP contribution in [0.2, 0.25) is 0 Å². The van der Waals surface area contributed by atoms with E-state index in [1.54, 1.807) is 6.92 Å². The normalized spacial score (nSPS) is 20.6. The molecule has 0 spiro atoms. The maximum atomic E-state index is 12.7. The number of carbonyl (C=O) groups is 5. The Morgan fingerprint density at radius 2 is 1.53 bits per heavy atom. The van der Waals surface area contributed by atoms with Gasteiger partial charge in [0.2, 0.25) is 5.91 Å². The van der Waals surface area contributed by atoms with E-state index in [0.29, 0.717) is 12.9 Å². The molecule has 11 heteroatoms. The van der Waals surface area contributed by atoms with Crippen LogP contribution < -0.4 is 11.1 Å². The van der Waals surface area contributed by atoms with Crippen LogP contribution in [0.5, 0.6) is 0 Å². The lowest BCUT2D eigenvalue weighted by Crippen LogP contribution is -2.47. The first kappa shape index (κ1) is 33.5. The second kappa shape index (κ2) is 16.9. The van der Waals surface area contributed by atoms with Crippen molar-refractivity contribution in [3.05, 3.63) is 0 Å². The number of hydrogen-bond acceptors (Lipinski definition) is 10. The van der Waals surface area contributed by atoms with Crippen LogP contribution >= 0.6 is 0 Å². The van der Waals surface area contributed by atoms with Gasteiger partial charge in [0, 0.05) is 5.92 Å². The maximum absolute atomic E-state index is 12.7. The summed E-state index contributed by atoms with van der Waals surface area (Å²) in [6.45, 7) is 9.65. The topological polar surface area (TPSA) is 160 Å². The zero-order valence-electron chi connectivity index (χ0n) is 21.8. The minimum absolute atomic E-state index is 0.169. The monoisotopic (exact) mass is 490 g/mol. The van der Waals surface area contributed by atoms with Gasteiger partial charge >= 0.3 is 17.9 Å². The number of methoxy groups -OCH3 is 3. The lowest BCUT2D eigenvalue weighted by atomic mass is 9.79. The third kappa shape index (κ3) is 12.0. The van der Waals surface area contributed by atoms with Gasteiger partial charge in [-0.2, -0.15) is 0 Å². The van der Waals surface area contributed by atoms with E-state index in [2.05, 4.69) is 25.3 Å². The quantitative estimate of drug-likeness (QED) is 0.287.